The van der Waals surface area contributed by atoms with Gasteiger partial charge >= 0.3 is 12.1 Å². The number of nitrogens with one attached hydrogen (secondary N) is 1. The van der Waals surface area contributed by atoms with Crippen molar-refractivity contribution in [2.24, 2.45) is 5.92 Å². The Hall–Kier alpha value is -2.39. The van der Waals surface area contributed by atoms with E-state index in [-0.39, 0.29) is 5.56 Å². The lowest BCUT2D eigenvalue weighted by atomic mass is 9.94. The van der Waals surface area contributed by atoms with Gasteiger partial charge < -0.3 is 14.7 Å². The molecule has 0 aliphatic carbocycles. The number of carboxylic acids is 1. The molecule has 0 atom stereocenters. The maximum atomic E-state index is 14.0. The predicted octanol–water partition coefficient (Wildman–Crippen LogP) is 3.19. The Balaban J connectivity index is 1.35. The number of halogens is 1. The number of carbonyl (C=O) groups excluding carboxylic acids is 1. The van der Waals surface area contributed by atoms with Crippen molar-refractivity contribution in [2.75, 3.05) is 50.7 Å². The van der Waals surface area contributed by atoms with E-state index in [9.17, 15) is 14.0 Å². The molecule has 178 valence electrons. The van der Waals surface area contributed by atoms with Gasteiger partial charge in [-0.25, -0.2) is 19.0 Å². The zero-order valence-corrected chi connectivity index (χ0v) is 19.3. The van der Waals surface area contributed by atoms with Gasteiger partial charge in [0.25, 0.3) is 0 Å². The number of rotatable bonds is 6. The number of carboxylic acid groups (broad SMARTS) is 1. The normalized spacial score (nSPS) is 19.1. The first-order chi connectivity index (χ1) is 15.1. The van der Waals surface area contributed by atoms with E-state index in [1.807, 2.05) is 25.8 Å². The van der Waals surface area contributed by atoms with Gasteiger partial charge in [0.1, 0.15) is 11.4 Å². The van der Waals surface area contributed by atoms with Gasteiger partial charge in [0.05, 0.1) is 5.56 Å². The summed E-state index contributed by atoms with van der Waals surface area (Å²) in [6, 6.07) is 4.34. The number of amides is 1. The molecule has 0 unspecified atom stereocenters. The third-order valence-corrected chi connectivity index (χ3v) is 6.04. The fourth-order valence-corrected chi connectivity index (χ4v) is 4.23. The molecule has 0 aromatic heterocycles. The lowest BCUT2D eigenvalue weighted by molar-refractivity contribution is 0.0257. The zero-order valence-electron chi connectivity index (χ0n) is 19.3. The number of piperazine rings is 1. The molecule has 8 nitrogen and oxygen atoms in total. The summed E-state index contributed by atoms with van der Waals surface area (Å²) in [6.45, 7) is 11.6. The fraction of sp³-hybridized carbons (Fsp3) is 0.652. The molecule has 0 saturated carbocycles. The molecule has 0 radical (unpaired) electrons. The number of hydrazine groups is 1. The Morgan fingerprint density at radius 2 is 1.78 bits per heavy atom. The van der Waals surface area contributed by atoms with Crippen LogP contribution in [0.2, 0.25) is 0 Å². The Kier molecular flexibility index (Phi) is 7.95. The SMILES string of the molecule is CC(C)(C)OC(=O)NN1CCC(CCN2CCN(c3ccc(C(=O)O)c(F)c3)CC2)CC1. The molecule has 2 saturated heterocycles. The highest BCUT2D eigenvalue weighted by Crippen LogP contribution is 2.23. The minimum Gasteiger partial charge on any atom is -0.478 e. The number of piperidine rings is 1. The van der Waals surface area contributed by atoms with Crippen LogP contribution in [0.15, 0.2) is 18.2 Å². The van der Waals surface area contributed by atoms with E-state index in [0.29, 0.717) is 5.92 Å². The number of hydrogen-bond acceptors (Lipinski definition) is 6. The maximum absolute atomic E-state index is 14.0. The van der Waals surface area contributed by atoms with Gasteiger partial charge in [-0.3, -0.25) is 10.3 Å². The maximum Gasteiger partial charge on any atom is 0.422 e. The summed E-state index contributed by atoms with van der Waals surface area (Å²) in [6.07, 6.45) is 2.82. The molecule has 0 bridgehead atoms. The monoisotopic (exact) mass is 450 g/mol. The van der Waals surface area contributed by atoms with Gasteiger partial charge in [0.15, 0.2) is 0 Å². The highest BCUT2D eigenvalue weighted by molar-refractivity contribution is 5.88. The van der Waals surface area contributed by atoms with Crippen LogP contribution in [0.4, 0.5) is 14.9 Å². The van der Waals surface area contributed by atoms with Crippen molar-refractivity contribution in [3.63, 3.8) is 0 Å². The summed E-state index contributed by atoms with van der Waals surface area (Å²) >= 11 is 0. The first-order valence-electron chi connectivity index (χ1n) is 11.4. The second-order valence-electron chi connectivity index (χ2n) is 9.63. The van der Waals surface area contributed by atoms with Crippen LogP contribution < -0.4 is 10.3 Å². The van der Waals surface area contributed by atoms with Gasteiger partial charge in [-0.05, 0) is 70.7 Å². The molecule has 2 aliphatic rings. The summed E-state index contributed by atoms with van der Waals surface area (Å²) in [5.41, 5.74) is 2.78. The molecular formula is C23H35FN4O4. The van der Waals surface area contributed by atoms with Crippen LogP contribution in [-0.2, 0) is 4.74 Å². The van der Waals surface area contributed by atoms with Crippen LogP contribution in [0.3, 0.4) is 0 Å². The Bertz CT molecular complexity index is 798. The first kappa shape index (κ1) is 24.3. The van der Waals surface area contributed by atoms with Crippen molar-refractivity contribution in [1.82, 2.24) is 15.3 Å². The summed E-state index contributed by atoms with van der Waals surface area (Å²) in [4.78, 5) is 27.4. The van der Waals surface area contributed by atoms with Crippen LogP contribution in [0.5, 0.6) is 0 Å². The lowest BCUT2D eigenvalue weighted by Gasteiger charge is -2.37. The number of benzene rings is 1. The number of ether oxygens (including phenoxy) is 1. The van der Waals surface area contributed by atoms with Gasteiger partial charge in [0, 0.05) is 45.0 Å². The second-order valence-corrected chi connectivity index (χ2v) is 9.63. The van der Waals surface area contributed by atoms with Gasteiger partial charge in [-0.1, -0.05) is 0 Å². The molecular weight excluding hydrogens is 415 g/mol. The molecule has 1 aromatic rings. The summed E-state index contributed by atoms with van der Waals surface area (Å²) in [5, 5.41) is 10.9. The number of carbonyl (C=O) groups is 2. The fourth-order valence-electron chi connectivity index (χ4n) is 4.23. The second kappa shape index (κ2) is 10.5. The van der Waals surface area contributed by atoms with E-state index in [0.717, 1.165) is 70.8 Å². The van der Waals surface area contributed by atoms with E-state index in [1.165, 1.54) is 12.1 Å². The molecule has 2 fully saturated rings. The standard InChI is InChI=1S/C23H35FN4O4/c1-23(2,3)32-22(31)25-28-10-7-17(8-11-28)6-9-26-12-14-27(15-13-26)18-4-5-19(21(29)30)20(24)16-18/h4-5,16-17H,6-15H2,1-3H3,(H,25,31)(H,29,30). The van der Waals surface area contributed by atoms with E-state index in [4.69, 9.17) is 9.84 Å². The number of nitrogens with zero attached hydrogens (tertiary/aromatic N) is 3. The molecule has 2 heterocycles. The van der Waals surface area contributed by atoms with Crippen molar-refractivity contribution in [1.29, 1.82) is 0 Å². The van der Waals surface area contributed by atoms with Crippen LogP contribution in [0.25, 0.3) is 0 Å². The molecule has 1 amide bonds. The third kappa shape index (κ3) is 7.06. The molecule has 0 spiro atoms. The lowest BCUT2D eigenvalue weighted by Crippen LogP contribution is -2.49. The smallest absolute Gasteiger partial charge is 0.422 e. The average Bonchev–Trinajstić information content (AvgIpc) is 2.72. The largest absolute Gasteiger partial charge is 0.478 e. The summed E-state index contributed by atoms with van der Waals surface area (Å²) < 4.78 is 19.3. The van der Waals surface area contributed by atoms with Crippen molar-refractivity contribution < 1.29 is 23.8 Å². The van der Waals surface area contributed by atoms with Crippen molar-refractivity contribution >= 4 is 17.7 Å². The van der Waals surface area contributed by atoms with Crippen molar-refractivity contribution in [3.8, 4) is 0 Å². The zero-order chi connectivity index (χ0) is 23.3. The average molecular weight is 451 g/mol. The van der Waals surface area contributed by atoms with Gasteiger partial charge in [-0.2, -0.15) is 0 Å². The number of aromatic carboxylic acids is 1. The van der Waals surface area contributed by atoms with E-state index in [1.54, 1.807) is 6.07 Å². The van der Waals surface area contributed by atoms with Crippen molar-refractivity contribution in [2.45, 2.75) is 45.6 Å². The molecule has 9 heteroatoms. The van der Waals surface area contributed by atoms with E-state index in [2.05, 4.69) is 15.2 Å². The van der Waals surface area contributed by atoms with Crippen LogP contribution in [-0.4, -0.2) is 78.5 Å². The van der Waals surface area contributed by atoms with Crippen LogP contribution in [0, 0.1) is 11.7 Å². The Morgan fingerprint density at radius 3 is 2.34 bits per heavy atom. The van der Waals surface area contributed by atoms with Gasteiger partial charge in [-0.15, -0.1) is 0 Å². The third-order valence-electron chi connectivity index (χ3n) is 6.04. The van der Waals surface area contributed by atoms with Crippen LogP contribution in [0.1, 0.15) is 50.4 Å². The van der Waals surface area contributed by atoms with Crippen molar-refractivity contribution in [3.05, 3.63) is 29.6 Å². The van der Waals surface area contributed by atoms with Gasteiger partial charge in [0.2, 0.25) is 0 Å². The summed E-state index contributed by atoms with van der Waals surface area (Å²) in [7, 11) is 0. The minimum atomic E-state index is -1.25. The molecule has 32 heavy (non-hydrogen) atoms. The molecule has 2 aliphatic heterocycles. The summed E-state index contributed by atoms with van der Waals surface area (Å²) in [5.74, 6) is -1.29. The minimum absolute atomic E-state index is 0.292. The number of anilines is 1. The molecule has 3 rings (SSSR count). The highest BCUT2D eigenvalue weighted by atomic mass is 19.1. The van der Waals surface area contributed by atoms with E-state index >= 15 is 0 Å². The highest BCUT2D eigenvalue weighted by Gasteiger charge is 2.24. The first-order valence-corrected chi connectivity index (χ1v) is 11.4. The Labute approximate surface area is 189 Å². The molecule has 2 N–H and O–H groups in total. The predicted molar refractivity (Wildman–Crippen MR) is 120 cm³/mol. The van der Waals surface area contributed by atoms with E-state index < -0.39 is 23.5 Å². The topological polar surface area (TPSA) is 85.4 Å². The van der Waals surface area contributed by atoms with Crippen LogP contribution >= 0.6 is 0 Å². The quantitative estimate of drug-likeness (QED) is 0.688. The Morgan fingerprint density at radius 1 is 1.12 bits per heavy atom. The number of hydrogen-bond donors (Lipinski definition) is 2. The molecule has 1 aromatic carbocycles.